The molecule has 2 aliphatic rings. The monoisotopic (exact) mass is 291 g/mol. The van der Waals surface area contributed by atoms with Crippen molar-refractivity contribution in [2.45, 2.75) is 51.9 Å². The minimum atomic E-state index is 0.674. The molecule has 1 saturated heterocycles. The van der Waals surface area contributed by atoms with Crippen LogP contribution < -0.4 is 5.32 Å². The van der Waals surface area contributed by atoms with Gasteiger partial charge in [-0.3, -0.25) is 4.90 Å². The number of nitrogens with zero attached hydrogens (tertiary/aromatic N) is 2. The molecule has 0 amide bonds. The second-order valence-corrected chi connectivity index (χ2v) is 7.15. The molecule has 1 aromatic rings. The van der Waals surface area contributed by atoms with Gasteiger partial charge in [0.05, 0.1) is 6.54 Å². The number of likely N-dealkylation sites (tertiary alicyclic amines) is 1. The lowest BCUT2D eigenvalue weighted by Crippen LogP contribution is -2.34. The highest BCUT2D eigenvalue weighted by molar-refractivity contribution is 5.21. The van der Waals surface area contributed by atoms with Crippen molar-refractivity contribution in [3.05, 3.63) is 23.2 Å². The molecule has 0 spiro atoms. The molecule has 4 nitrogen and oxygen atoms in total. The molecular weight excluding hydrogens is 262 g/mol. The highest BCUT2D eigenvalue weighted by Crippen LogP contribution is 2.25. The van der Waals surface area contributed by atoms with Crippen LogP contribution in [0.1, 0.15) is 36.8 Å². The molecule has 0 aromatic carbocycles. The van der Waals surface area contributed by atoms with Gasteiger partial charge in [0.1, 0.15) is 11.5 Å². The van der Waals surface area contributed by atoms with E-state index >= 15 is 0 Å². The SMILES string of the molecule is Cc1oc(CNC2CC2)cc1CN1CC(C)C(N(C)C)C1. The largest absolute Gasteiger partial charge is 0.465 e. The van der Waals surface area contributed by atoms with Crippen LogP contribution in [0.25, 0.3) is 0 Å². The van der Waals surface area contributed by atoms with Crippen molar-refractivity contribution in [2.75, 3.05) is 27.2 Å². The van der Waals surface area contributed by atoms with E-state index in [0.717, 1.165) is 43.1 Å². The molecular formula is C17H29N3O. The average molecular weight is 291 g/mol. The molecule has 118 valence electrons. The first-order valence-corrected chi connectivity index (χ1v) is 8.23. The second-order valence-electron chi connectivity index (χ2n) is 7.15. The van der Waals surface area contributed by atoms with E-state index in [4.69, 9.17) is 4.42 Å². The van der Waals surface area contributed by atoms with Crippen LogP contribution in [0.15, 0.2) is 10.5 Å². The first kappa shape index (κ1) is 15.1. The Balaban J connectivity index is 1.57. The Morgan fingerprint density at radius 1 is 1.33 bits per heavy atom. The number of rotatable bonds is 6. The predicted octanol–water partition coefficient (Wildman–Crippen LogP) is 2.22. The van der Waals surface area contributed by atoms with Gasteiger partial charge in [-0.15, -0.1) is 0 Å². The van der Waals surface area contributed by atoms with E-state index < -0.39 is 0 Å². The van der Waals surface area contributed by atoms with Crippen molar-refractivity contribution in [1.29, 1.82) is 0 Å². The molecule has 1 aromatic heterocycles. The van der Waals surface area contributed by atoms with Gasteiger partial charge in [0.15, 0.2) is 0 Å². The van der Waals surface area contributed by atoms with Crippen molar-refractivity contribution < 1.29 is 4.42 Å². The Bertz CT molecular complexity index is 478. The third-order valence-corrected chi connectivity index (χ3v) is 4.92. The Labute approximate surface area is 128 Å². The standard InChI is InChI=1S/C17H29N3O/c1-12-9-20(11-17(12)19(3)4)10-14-7-16(21-13(14)2)8-18-15-5-6-15/h7,12,15,17-18H,5-6,8-11H2,1-4H3. The summed E-state index contributed by atoms with van der Waals surface area (Å²) in [5.74, 6) is 2.91. The maximum absolute atomic E-state index is 5.90. The van der Waals surface area contributed by atoms with E-state index in [9.17, 15) is 0 Å². The number of hydrogen-bond acceptors (Lipinski definition) is 4. The first-order chi connectivity index (χ1) is 10.0. The molecule has 0 radical (unpaired) electrons. The van der Waals surface area contributed by atoms with Crippen molar-refractivity contribution in [2.24, 2.45) is 5.92 Å². The van der Waals surface area contributed by atoms with E-state index in [2.05, 4.69) is 49.1 Å². The van der Waals surface area contributed by atoms with Crippen molar-refractivity contribution in [3.8, 4) is 0 Å². The van der Waals surface area contributed by atoms with E-state index in [1.165, 1.54) is 24.9 Å². The minimum absolute atomic E-state index is 0.674. The maximum atomic E-state index is 5.90. The smallest absolute Gasteiger partial charge is 0.118 e. The number of aryl methyl sites for hydroxylation is 1. The van der Waals surface area contributed by atoms with E-state index in [1.54, 1.807) is 0 Å². The van der Waals surface area contributed by atoms with Gasteiger partial charge in [0, 0.05) is 37.3 Å². The van der Waals surface area contributed by atoms with Crippen LogP contribution in [-0.2, 0) is 13.1 Å². The fraction of sp³-hybridized carbons (Fsp3) is 0.765. The molecule has 0 bridgehead atoms. The molecule has 21 heavy (non-hydrogen) atoms. The molecule has 2 unspecified atom stereocenters. The zero-order valence-corrected chi connectivity index (χ0v) is 13.9. The summed E-state index contributed by atoms with van der Waals surface area (Å²) in [5, 5.41) is 3.52. The van der Waals surface area contributed by atoms with Gasteiger partial charge >= 0.3 is 0 Å². The summed E-state index contributed by atoms with van der Waals surface area (Å²) in [6, 6.07) is 3.66. The summed E-state index contributed by atoms with van der Waals surface area (Å²) in [7, 11) is 4.38. The first-order valence-electron chi connectivity index (χ1n) is 8.23. The van der Waals surface area contributed by atoms with Crippen LogP contribution in [0.3, 0.4) is 0 Å². The topological polar surface area (TPSA) is 31.7 Å². The van der Waals surface area contributed by atoms with Crippen LogP contribution >= 0.6 is 0 Å². The van der Waals surface area contributed by atoms with Crippen LogP contribution in [0, 0.1) is 12.8 Å². The number of furan rings is 1. The Hall–Kier alpha value is -0.840. The molecule has 3 rings (SSSR count). The predicted molar refractivity (Wildman–Crippen MR) is 85.2 cm³/mol. The number of nitrogens with one attached hydrogen (secondary N) is 1. The van der Waals surface area contributed by atoms with Gasteiger partial charge in [0.25, 0.3) is 0 Å². The summed E-state index contributed by atoms with van der Waals surface area (Å²) in [5.41, 5.74) is 1.36. The molecule has 1 aliphatic carbocycles. The Morgan fingerprint density at radius 2 is 2.10 bits per heavy atom. The molecule has 2 fully saturated rings. The van der Waals surface area contributed by atoms with Crippen molar-refractivity contribution in [1.82, 2.24) is 15.1 Å². The van der Waals surface area contributed by atoms with Gasteiger partial charge in [-0.05, 0) is 45.8 Å². The Kier molecular flexibility index (Phi) is 4.38. The lowest BCUT2D eigenvalue weighted by Gasteiger charge is -2.22. The summed E-state index contributed by atoms with van der Waals surface area (Å²) in [6.45, 7) is 8.70. The number of likely N-dealkylation sites (N-methyl/N-ethyl adjacent to an activating group) is 1. The highest BCUT2D eigenvalue weighted by Gasteiger charge is 2.31. The molecule has 1 N–H and O–H groups in total. The molecule has 1 aliphatic heterocycles. The number of hydrogen-bond donors (Lipinski definition) is 1. The van der Waals surface area contributed by atoms with Crippen molar-refractivity contribution in [3.63, 3.8) is 0 Å². The summed E-state index contributed by atoms with van der Waals surface area (Å²) < 4.78 is 5.90. The fourth-order valence-electron chi connectivity index (χ4n) is 3.45. The highest BCUT2D eigenvalue weighted by atomic mass is 16.3. The lowest BCUT2D eigenvalue weighted by molar-refractivity contribution is 0.250. The maximum Gasteiger partial charge on any atom is 0.118 e. The summed E-state index contributed by atoms with van der Waals surface area (Å²) in [4.78, 5) is 4.92. The van der Waals surface area contributed by atoms with Gasteiger partial charge < -0.3 is 14.6 Å². The van der Waals surface area contributed by atoms with Gasteiger partial charge in [-0.25, -0.2) is 0 Å². The molecule has 2 heterocycles. The summed E-state index contributed by atoms with van der Waals surface area (Å²) in [6.07, 6.45) is 2.65. The van der Waals surface area contributed by atoms with E-state index in [-0.39, 0.29) is 0 Å². The fourth-order valence-corrected chi connectivity index (χ4v) is 3.45. The van der Waals surface area contributed by atoms with Crippen LogP contribution in [-0.4, -0.2) is 49.1 Å². The van der Waals surface area contributed by atoms with E-state index in [1.807, 2.05) is 0 Å². The minimum Gasteiger partial charge on any atom is -0.465 e. The van der Waals surface area contributed by atoms with Gasteiger partial charge in [-0.1, -0.05) is 6.92 Å². The zero-order chi connectivity index (χ0) is 15.0. The zero-order valence-electron chi connectivity index (χ0n) is 13.9. The van der Waals surface area contributed by atoms with Crippen LogP contribution in [0.5, 0.6) is 0 Å². The molecule has 2 atom stereocenters. The normalized spacial score (nSPS) is 26.9. The van der Waals surface area contributed by atoms with Gasteiger partial charge in [0.2, 0.25) is 0 Å². The molecule has 4 heteroatoms. The van der Waals surface area contributed by atoms with Gasteiger partial charge in [-0.2, -0.15) is 0 Å². The summed E-state index contributed by atoms with van der Waals surface area (Å²) >= 11 is 0. The molecule has 1 saturated carbocycles. The third-order valence-electron chi connectivity index (χ3n) is 4.92. The average Bonchev–Trinajstić information content (AvgIpc) is 3.09. The van der Waals surface area contributed by atoms with Crippen LogP contribution in [0.2, 0.25) is 0 Å². The third kappa shape index (κ3) is 3.68. The van der Waals surface area contributed by atoms with Crippen LogP contribution in [0.4, 0.5) is 0 Å². The quantitative estimate of drug-likeness (QED) is 0.871. The Morgan fingerprint density at radius 3 is 2.71 bits per heavy atom. The van der Waals surface area contributed by atoms with Crippen molar-refractivity contribution >= 4 is 0 Å². The second kappa shape index (κ2) is 6.11. The van der Waals surface area contributed by atoms with E-state index in [0.29, 0.717) is 6.04 Å². The lowest BCUT2D eigenvalue weighted by atomic mass is 10.1.